The highest BCUT2D eigenvalue weighted by Crippen LogP contribution is 2.17. The van der Waals surface area contributed by atoms with E-state index >= 15 is 0 Å². The van der Waals surface area contributed by atoms with E-state index in [1.54, 1.807) is 30.5 Å². The maximum absolute atomic E-state index is 12.9. The van der Waals surface area contributed by atoms with Crippen molar-refractivity contribution in [2.24, 2.45) is 4.99 Å². The molecule has 1 heterocycles. The van der Waals surface area contributed by atoms with Gasteiger partial charge in [-0.25, -0.2) is 9.37 Å². The molecular formula is C18H26FIN4OS. The van der Waals surface area contributed by atoms with Crippen LogP contribution in [0.25, 0.3) is 0 Å². The number of aromatic nitrogens is 1. The minimum atomic E-state index is -0.269. The van der Waals surface area contributed by atoms with Crippen LogP contribution in [0.1, 0.15) is 22.5 Å². The third kappa shape index (κ3) is 7.45. The number of aryl methyl sites for hydroxylation is 2. The van der Waals surface area contributed by atoms with Gasteiger partial charge in [-0.15, -0.1) is 35.3 Å². The van der Waals surface area contributed by atoms with Crippen molar-refractivity contribution in [2.45, 2.75) is 33.3 Å². The molecule has 1 aromatic heterocycles. The Balaban J connectivity index is 0.00000338. The van der Waals surface area contributed by atoms with Crippen LogP contribution >= 0.6 is 35.3 Å². The molecule has 0 saturated carbocycles. The van der Waals surface area contributed by atoms with Gasteiger partial charge < -0.3 is 15.4 Å². The Bertz CT molecular complexity index is 706. The summed E-state index contributed by atoms with van der Waals surface area (Å²) < 4.78 is 18.6. The quantitative estimate of drug-likeness (QED) is 0.352. The summed E-state index contributed by atoms with van der Waals surface area (Å²) in [5.74, 6) is 1.11. The first-order valence-electron chi connectivity index (χ1n) is 8.27. The molecule has 26 heavy (non-hydrogen) atoms. The summed E-state index contributed by atoms with van der Waals surface area (Å²) in [5, 5.41) is 7.63. The summed E-state index contributed by atoms with van der Waals surface area (Å²) in [4.78, 5) is 9.95. The van der Waals surface area contributed by atoms with E-state index in [-0.39, 0.29) is 35.9 Å². The van der Waals surface area contributed by atoms with Crippen molar-refractivity contribution in [1.82, 2.24) is 15.6 Å². The van der Waals surface area contributed by atoms with Gasteiger partial charge in [0, 0.05) is 24.9 Å². The van der Waals surface area contributed by atoms with E-state index < -0.39 is 0 Å². The van der Waals surface area contributed by atoms with Crippen molar-refractivity contribution in [3.05, 3.63) is 45.7 Å². The molecule has 0 spiro atoms. The number of ether oxygens (including phenoxy) is 1. The number of rotatable bonds is 7. The van der Waals surface area contributed by atoms with E-state index in [1.807, 2.05) is 20.8 Å². The van der Waals surface area contributed by atoms with Crippen molar-refractivity contribution in [1.29, 1.82) is 0 Å². The zero-order valence-corrected chi connectivity index (χ0v) is 18.7. The first-order chi connectivity index (χ1) is 12.0. The van der Waals surface area contributed by atoms with Crippen LogP contribution in [-0.2, 0) is 6.42 Å². The molecule has 2 N–H and O–H groups in total. The van der Waals surface area contributed by atoms with Gasteiger partial charge in [-0.05, 0) is 45.0 Å². The fourth-order valence-electron chi connectivity index (χ4n) is 2.35. The molecule has 8 heteroatoms. The summed E-state index contributed by atoms with van der Waals surface area (Å²) in [5.41, 5.74) is 1.11. The Morgan fingerprint density at radius 1 is 1.27 bits per heavy atom. The molecule has 5 nitrogen and oxygen atoms in total. The molecule has 0 radical (unpaired) electrons. The average Bonchev–Trinajstić information content (AvgIpc) is 2.90. The third-order valence-electron chi connectivity index (χ3n) is 3.58. The topological polar surface area (TPSA) is 58.5 Å². The standard InChI is InChI=1S/C18H25FN4OS.HI/c1-12(24-16-7-5-15(19)6-8-16)11-22-18(20-4)21-10-9-17-13(2)23-14(3)25-17;/h5-8,12H,9-11H2,1-4H3,(H2,20,21,22);1H. The minimum absolute atomic E-state index is 0. The number of thiazole rings is 1. The lowest BCUT2D eigenvalue weighted by Gasteiger charge is -2.17. The van der Waals surface area contributed by atoms with E-state index in [0.29, 0.717) is 12.3 Å². The van der Waals surface area contributed by atoms with Gasteiger partial charge in [-0.3, -0.25) is 4.99 Å². The Morgan fingerprint density at radius 3 is 2.54 bits per heavy atom. The maximum atomic E-state index is 12.9. The predicted molar refractivity (Wildman–Crippen MR) is 117 cm³/mol. The molecule has 0 aliphatic heterocycles. The van der Waals surface area contributed by atoms with Crippen LogP contribution in [-0.4, -0.2) is 37.2 Å². The molecule has 0 fully saturated rings. The third-order valence-corrected chi connectivity index (χ3v) is 4.71. The predicted octanol–water partition coefficient (Wildman–Crippen LogP) is 3.69. The number of nitrogens with one attached hydrogen (secondary N) is 2. The minimum Gasteiger partial charge on any atom is -0.489 e. The van der Waals surface area contributed by atoms with E-state index in [2.05, 4.69) is 20.6 Å². The Kier molecular flexibility index (Phi) is 9.85. The highest BCUT2D eigenvalue weighted by molar-refractivity contribution is 14.0. The zero-order chi connectivity index (χ0) is 18.2. The molecule has 0 amide bonds. The second kappa shape index (κ2) is 11.3. The second-order valence-electron chi connectivity index (χ2n) is 5.75. The lowest BCUT2D eigenvalue weighted by Crippen LogP contribution is -2.42. The van der Waals surface area contributed by atoms with E-state index in [9.17, 15) is 4.39 Å². The lowest BCUT2D eigenvalue weighted by molar-refractivity contribution is 0.223. The zero-order valence-electron chi connectivity index (χ0n) is 15.5. The van der Waals surface area contributed by atoms with Crippen LogP contribution < -0.4 is 15.4 Å². The smallest absolute Gasteiger partial charge is 0.191 e. The normalized spacial score (nSPS) is 12.3. The summed E-state index contributed by atoms with van der Waals surface area (Å²) in [6, 6.07) is 6.02. The summed E-state index contributed by atoms with van der Waals surface area (Å²) in [6.45, 7) is 7.40. The van der Waals surface area contributed by atoms with Crippen LogP contribution in [0, 0.1) is 19.7 Å². The van der Waals surface area contributed by atoms with Crippen LogP contribution in [0.2, 0.25) is 0 Å². The van der Waals surface area contributed by atoms with Gasteiger partial charge in [-0.2, -0.15) is 0 Å². The number of aliphatic imine (C=N–C) groups is 1. The lowest BCUT2D eigenvalue weighted by atomic mass is 10.3. The monoisotopic (exact) mass is 492 g/mol. The molecule has 0 aliphatic rings. The summed E-state index contributed by atoms with van der Waals surface area (Å²) in [7, 11) is 1.74. The second-order valence-corrected chi connectivity index (χ2v) is 7.04. The molecule has 0 bridgehead atoms. The van der Waals surface area contributed by atoms with Crippen molar-refractivity contribution < 1.29 is 9.13 Å². The van der Waals surface area contributed by atoms with E-state index in [4.69, 9.17) is 4.74 Å². The van der Waals surface area contributed by atoms with Crippen LogP contribution in [0.3, 0.4) is 0 Å². The SMILES string of the molecule is CN=C(NCCc1sc(C)nc1C)NCC(C)Oc1ccc(F)cc1.I. The van der Waals surface area contributed by atoms with Gasteiger partial charge in [0.15, 0.2) is 5.96 Å². The van der Waals surface area contributed by atoms with Crippen LogP contribution in [0.5, 0.6) is 5.75 Å². The van der Waals surface area contributed by atoms with Gasteiger partial charge in [0.2, 0.25) is 0 Å². The van der Waals surface area contributed by atoms with Gasteiger partial charge in [0.05, 0.1) is 17.2 Å². The number of hydrogen-bond donors (Lipinski definition) is 2. The van der Waals surface area contributed by atoms with E-state index in [1.165, 1.54) is 17.0 Å². The Morgan fingerprint density at radius 2 is 1.96 bits per heavy atom. The van der Waals surface area contributed by atoms with Gasteiger partial charge in [0.25, 0.3) is 0 Å². The average molecular weight is 492 g/mol. The summed E-state index contributed by atoms with van der Waals surface area (Å²) in [6.07, 6.45) is 0.843. The van der Waals surface area contributed by atoms with E-state index in [0.717, 1.165) is 29.6 Å². The van der Waals surface area contributed by atoms with Crippen molar-refractivity contribution in [2.75, 3.05) is 20.1 Å². The molecular weight excluding hydrogens is 466 g/mol. The van der Waals surface area contributed by atoms with Crippen molar-refractivity contribution in [3.8, 4) is 5.75 Å². The Labute approximate surface area is 175 Å². The highest BCUT2D eigenvalue weighted by atomic mass is 127. The number of hydrogen-bond acceptors (Lipinski definition) is 4. The van der Waals surface area contributed by atoms with Gasteiger partial charge >= 0.3 is 0 Å². The molecule has 2 aromatic rings. The van der Waals surface area contributed by atoms with Crippen molar-refractivity contribution >= 4 is 41.3 Å². The number of guanidine groups is 1. The van der Waals surface area contributed by atoms with Crippen LogP contribution in [0.4, 0.5) is 4.39 Å². The first-order valence-corrected chi connectivity index (χ1v) is 9.09. The van der Waals surface area contributed by atoms with Gasteiger partial charge in [0.1, 0.15) is 17.7 Å². The molecule has 2 rings (SSSR count). The fourth-order valence-corrected chi connectivity index (χ4v) is 3.28. The highest BCUT2D eigenvalue weighted by Gasteiger charge is 2.07. The van der Waals surface area contributed by atoms with Crippen molar-refractivity contribution in [3.63, 3.8) is 0 Å². The number of nitrogens with zero attached hydrogens (tertiary/aromatic N) is 2. The molecule has 144 valence electrons. The largest absolute Gasteiger partial charge is 0.489 e. The Hall–Kier alpha value is -1.42. The van der Waals surface area contributed by atoms with Crippen LogP contribution in [0.15, 0.2) is 29.3 Å². The summed E-state index contributed by atoms with van der Waals surface area (Å²) >= 11 is 1.74. The fraction of sp³-hybridized carbons (Fsp3) is 0.444. The number of benzene rings is 1. The maximum Gasteiger partial charge on any atom is 0.191 e. The first kappa shape index (κ1) is 22.6. The molecule has 1 aromatic carbocycles. The molecule has 0 aliphatic carbocycles. The van der Waals surface area contributed by atoms with Gasteiger partial charge in [-0.1, -0.05) is 0 Å². The number of halogens is 2. The molecule has 1 unspecified atom stereocenters. The molecule has 0 saturated heterocycles. The molecule has 1 atom stereocenters.